The number of hydrogen-bond donors (Lipinski definition) is 0. The third-order valence-corrected chi connectivity index (χ3v) is 11.6. The number of carbonyl (C=O) groups excluding carboxylic acids is 1. The molecule has 0 aromatic heterocycles. The molecule has 0 spiro atoms. The Hall–Kier alpha value is -3.39. The summed E-state index contributed by atoms with van der Waals surface area (Å²) in [5.41, 5.74) is 10.8. The molecule has 0 N–H and O–H groups in total. The van der Waals surface area contributed by atoms with Crippen molar-refractivity contribution in [3.8, 4) is 0 Å². The van der Waals surface area contributed by atoms with Crippen LogP contribution >= 0.6 is 0 Å². The first kappa shape index (κ1) is 48.8. The van der Waals surface area contributed by atoms with Gasteiger partial charge in [-0.05, 0) is 95.6 Å². The number of rotatable bonds is 23. The van der Waals surface area contributed by atoms with Crippen molar-refractivity contribution in [2.45, 2.75) is 191 Å². The molecule has 2 heteroatoms. The van der Waals surface area contributed by atoms with E-state index in [1.165, 1.54) is 116 Å². The van der Waals surface area contributed by atoms with Crippen LogP contribution in [0, 0.1) is 10.8 Å². The van der Waals surface area contributed by atoms with E-state index in [-0.39, 0.29) is 22.9 Å². The molecule has 56 heavy (non-hydrogen) atoms. The maximum Gasteiger partial charge on any atom is 0.306 e. The summed E-state index contributed by atoms with van der Waals surface area (Å²) in [4.78, 5) is 12.7. The molecule has 0 radical (unpaired) electrons. The van der Waals surface area contributed by atoms with Crippen molar-refractivity contribution in [1.82, 2.24) is 0 Å². The van der Waals surface area contributed by atoms with E-state index in [4.69, 9.17) is 4.74 Å². The molecular weight excluding hydrogens is 681 g/mol. The van der Waals surface area contributed by atoms with Gasteiger partial charge >= 0.3 is 5.97 Å². The van der Waals surface area contributed by atoms with Gasteiger partial charge in [-0.1, -0.05) is 217 Å². The Balaban J connectivity index is 1.79. The van der Waals surface area contributed by atoms with Gasteiger partial charge in [-0.2, -0.15) is 0 Å². The fourth-order valence-electron chi connectivity index (χ4n) is 8.19. The molecule has 1 atom stereocenters. The van der Waals surface area contributed by atoms with Crippen molar-refractivity contribution in [1.29, 1.82) is 0 Å². The molecule has 0 heterocycles. The normalized spacial score (nSPS) is 20.3. The lowest BCUT2D eigenvalue weighted by Crippen LogP contribution is -2.31. The third-order valence-electron chi connectivity index (χ3n) is 11.6. The SMILES string of the molecule is CCCCCCCCCCCCCC(=O)O[C@@H]1CC(C)=C(C=CC(C)=CC=CC(C)=CC=CC=C(C)C=CC=C(C)C=CC2=C(C)CCCC2(C)C)C(C)(C)C1. The fourth-order valence-corrected chi connectivity index (χ4v) is 8.19. The van der Waals surface area contributed by atoms with Crippen LogP contribution in [-0.2, 0) is 9.53 Å². The lowest BCUT2D eigenvalue weighted by molar-refractivity contribution is -0.150. The summed E-state index contributed by atoms with van der Waals surface area (Å²) < 4.78 is 6.00. The van der Waals surface area contributed by atoms with Crippen molar-refractivity contribution in [3.63, 3.8) is 0 Å². The molecule has 0 unspecified atom stereocenters. The largest absolute Gasteiger partial charge is 0.462 e. The molecule has 0 saturated heterocycles. The summed E-state index contributed by atoms with van der Waals surface area (Å²) in [6, 6.07) is 0. The first-order chi connectivity index (χ1) is 26.6. The Morgan fingerprint density at radius 1 is 0.607 bits per heavy atom. The minimum atomic E-state index is -0.0407. The van der Waals surface area contributed by atoms with Crippen molar-refractivity contribution >= 4 is 5.97 Å². The smallest absolute Gasteiger partial charge is 0.306 e. The Morgan fingerprint density at radius 2 is 1.05 bits per heavy atom. The summed E-state index contributed by atoms with van der Waals surface area (Å²) in [6.45, 7) is 24.6. The summed E-state index contributed by atoms with van der Waals surface area (Å²) in [5, 5.41) is 0. The van der Waals surface area contributed by atoms with Crippen LogP contribution in [0.5, 0.6) is 0 Å². The van der Waals surface area contributed by atoms with Gasteiger partial charge in [0.1, 0.15) is 6.10 Å². The van der Waals surface area contributed by atoms with Gasteiger partial charge in [0, 0.05) is 12.8 Å². The maximum atomic E-state index is 12.7. The number of allylic oxidation sites excluding steroid dienone is 21. The van der Waals surface area contributed by atoms with E-state index in [0.29, 0.717) is 6.42 Å². The second kappa shape index (κ2) is 26.5. The molecule has 2 nitrogen and oxygen atoms in total. The molecule has 2 aliphatic rings. The van der Waals surface area contributed by atoms with Crippen molar-refractivity contribution < 1.29 is 9.53 Å². The second-order valence-electron chi connectivity index (χ2n) is 18.2. The predicted molar refractivity (Wildman–Crippen MR) is 248 cm³/mol. The van der Waals surface area contributed by atoms with Gasteiger partial charge in [0.05, 0.1) is 0 Å². The number of esters is 1. The van der Waals surface area contributed by atoms with Crippen LogP contribution in [0.25, 0.3) is 0 Å². The van der Waals surface area contributed by atoms with Crippen LogP contribution in [0.15, 0.2) is 130 Å². The van der Waals surface area contributed by atoms with Gasteiger partial charge < -0.3 is 4.74 Å². The first-order valence-corrected chi connectivity index (χ1v) is 22.3. The van der Waals surface area contributed by atoms with Crippen molar-refractivity contribution in [2.24, 2.45) is 10.8 Å². The highest BCUT2D eigenvalue weighted by molar-refractivity contribution is 5.69. The maximum absolute atomic E-state index is 12.7. The highest BCUT2D eigenvalue weighted by Crippen LogP contribution is 2.43. The highest BCUT2D eigenvalue weighted by atomic mass is 16.5. The topological polar surface area (TPSA) is 26.3 Å². The van der Waals surface area contributed by atoms with Crippen LogP contribution in [0.1, 0.15) is 185 Å². The van der Waals surface area contributed by atoms with Gasteiger partial charge in [0.2, 0.25) is 0 Å². The van der Waals surface area contributed by atoms with Gasteiger partial charge in [-0.15, -0.1) is 0 Å². The van der Waals surface area contributed by atoms with Crippen LogP contribution < -0.4 is 0 Å². The summed E-state index contributed by atoms with van der Waals surface area (Å²) in [6.07, 6.45) is 50.7. The van der Waals surface area contributed by atoms with E-state index in [1.54, 1.807) is 5.57 Å². The van der Waals surface area contributed by atoms with E-state index in [2.05, 4.69) is 161 Å². The van der Waals surface area contributed by atoms with E-state index < -0.39 is 0 Å². The molecule has 2 aliphatic carbocycles. The Kier molecular flexibility index (Phi) is 23.1. The summed E-state index contributed by atoms with van der Waals surface area (Å²) in [7, 11) is 0. The van der Waals surface area contributed by atoms with Crippen LogP contribution in [-0.4, -0.2) is 12.1 Å². The number of ether oxygens (including phenoxy) is 1. The molecule has 0 saturated carbocycles. The summed E-state index contributed by atoms with van der Waals surface area (Å²) in [5.74, 6) is -0.0212. The van der Waals surface area contributed by atoms with Crippen molar-refractivity contribution in [2.75, 3.05) is 0 Å². The van der Waals surface area contributed by atoms with Crippen LogP contribution in [0.3, 0.4) is 0 Å². The lowest BCUT2D eigenvalue weighted by atomic mass is 9.71. The highest BCUT2D eigenvalue weighted by Gasteiger charge is 2.34. The predicted octanol–water partition coefficient (Wildman–Crippen LogP) is 16.8. The molecule has 2 rings (SSSR count). The van der Waals surface area contributed by atoms with E-state index >= 15 is 0 Å². The molecular formula is C54H82O2. The van der Waals surface area contributed by atoms with Gasteiger partial charge in [-0.3, -0.25) is 4.79 Å². The lowest BCUT2D eigenvalue weighted by Gasteiger charge is -2.37. The van der Waals surface area contributed by atoms with Gasteiger partial charge in [0.25, 0.3) is 0 Å². The monoisotopic (exact) mass is 763 g/mol. The fraction of sp³-hybridized carbons (Fsp3) is 0.574. The van der Waals surface area contributed by atoms with Gasteiger partial charge in [-0.25, -0.2) is 0 Å². The molecule has 0 fully saturated rings. The average molecular weight is 763 g/mol. The minimum absolute atomic E-state index is 0.0212. The first-order valence-electron chi connectivity index (χ1n) is 22.3. The molecule has 0 amide bonds. The average Bonchev–Trinajstić information content (AvgIpc) is 3.11. The molecule has 0 aromatic carbocycles. The van der Waals surface area contributed by atoms with Crippen molar-refractivity contribution in [3.05, 3.63) is 130 Å². The summed E-state index contributed by atoms with van der Waals surface area (Å²) >= 11 is 0. The molecule has 0 bridgehead atoms. The Morgan fingerprint density at radius 3 is 1.54 bits per heavy atom. The van der Waals surface area contributed by atoms with E-state index in [1.807, 2.05) is 0 Å². The zero-order valence-electron chi connectivity index (χ0n) is 38.0. The molecule has 0 aliphatic heterocycles. The minimum Gasteiger partial charge on any atom is -0.462 e. The molecule has 310 valence electrons. The van der Waals surface area contributed by atoms with E-state index in [0.717, 1.165) is 25.7 Å². The van der Waals surface area contributed by atoms with Crippen LogP contribution in [0.2, 0.25) is 0 Å². The zero-order valence-corrected chi connectivity index (χ0v) is 38.0. The number of unbranched alkanes of at least 4 members (excludes halogenated alkanes) is 10. The zero-order chi connectivity index (χ0) is 41.4. The standard InChI is InChI=1S/C54H82O2/c1-12-13-14-15-16-17-18-19-20-21-22-35-52(55)56-49-41-48(7)51(54(10,11)42-49)39-37-46(5)33-26-31-44(3)29-24-23-28-43(2)30-25-32-45(4)36-38-50-47(6)34-27-40-53(50,8)9/h23-26,28-33,36-39,49H,12-22,27,34-35,40-42H2,1-11H3/t49-/m1/s1. The van der Waals surface area contributed by atoms with Crippen LogP contribution in [0.4, 0.5) is 0 Å². The quantitative estimate of drug-likeness (QED) is 0.0589. The van der Waals surface area contributed by atoms with Gasteiger partial charge in [0.15, 0.2) is 0 Å². The molecule has 0 aromatic rings. The second-order valence-corrected chi connectivity index (χ2v) is 18.2. The Labute approximate surface area is 346 Å². The number of hydrogen-bond acceptors (Lipinski definition) is 2. The van der Waals surface area contributed by atoms with E-state index in [9.17, 15) is 4.79 Å². The number of carbonyl (C=O) groups is 1. The Bertz CT molecular complexity index is 1560. The third kappa shape index (κ3) is 20.2.